The monoisotopic (exact) mass is 414 g/mol. The summed E-state index contributed by atoms with van der Waals surface area (Å²) in [6.45, 7) is 1.93. The average molecular weight is 415 g/mol. The molecule has 2 aromatic carbocycles. The second-order valence-electron chi connectivity index (χ2n) is 6.95. The average Bonchev–Trinajstić information content (AvgIpc) is 3.05. The molecule has 5 nitrogen and oxygen atoms in total. The van der Waals surface area contributed by atoms with E-state index in [-0.39, 0.29) is 10.7 Å². The number of aromatic nitrogens is 1. The molecule has 3 aromatic rings. The fourth-order valence-corrected chi connectivity index (χ4v) is 5.63. The zero-order chi connectivity index (χ0) is 19.9. The number of benzene rings is 2. The van der Waals surface area contributed by atoms with E-state index in [0.29, 0.717) is 29.6 Å². The van der Waals surface area contributed by atoms with Crippen LogP contribution in [0.3, 0.4) is 0 Å². The van der Waals surface area contributed by atoms with Gasteiger partial charge in [-0.05, 0) is 61.4 Å². The van der Waals surface area contributed by atoms with Crippen LogP contribution < -0.4 is 4.72 Å². The first-order valence-corrected chi connectivity index (χ1v) is 12.0. The molecular weight excluding hydrogens is 392 g/mol. The zero-order valence-corrected chi connectivity index (χ0v) is 17.5. The predicted molar refractivity (Wildman–Crippen MR) is 114 cm³/mol. The van der Waals surface area contributed by atoms with Crippen molar-refractivity contribution in [1.82, 2.24) is 4.98 Å². The highest BCUT2D eigenvalue weighted by Gasteiger charge is 2.26. The number of carbonyl (C=O) groups is 1. The van der Waals surface area contributed by atoms with E-state index in [2.05, 4.69) is 9.71 Å². The molecule has 0 amide bonds. The molecule has 0 atom stereocenters. The Hall–Kier alpha value is -2.25. The van der Waals surface area contributed by atoms with Crippen LogP contribution in [0.5, 0.6) is 0 Å². The maximum Gasteiger partial charge on any atom is 0.262 e. The summed E-state index contributed by atoms with van der Waals surface area (Å²) < 4.78 is 29.0. The summed E-state index contributed by atoms with van der Waals surface area (Å²) in [5.41, 5.74) is 3.61. The molecule has 7 heteroatoms. The number of aryl methyl sites for hydroxylation is 2. The molecule has 0 bridgehead atoms. The molecule has 0 fully saturated rings. The number of H-pyrrole nitrogens is 1. The van der Waals surface area contributed by atoms with Gasteiger partial charge in [-0.1, -0.05) is 13.0 Å². The van der Waals surface area contributed by atoms with E-state index in [4.69, 9.17) is 0 Å². The Morgan fingerprint density at radius 3 is 2.75 bits per heavy atom. The molecular formula is C21H22N2O3S2. The van der Waals surface area contributed by atoms with Gasteiger partial charge in [0.25, 0.3) is 10.0 Å². The van der Waals surface area contributed by atoms with E-state index >= 15 is 0 Å². The van der Waals surface area contributed by atoms with Crippen LogP contribution in [0.2, 0.25) is 0 Å². The number of thioether (sulfide) groups is 1. The van der Waals surface area contributed by atoms with Crippen molar-refractivity contribution in [1.29, 1.82) is 0 Å². The van der Waals surface area contributed by atoms with Crippen molar-refractivity contribution in [2.45, 2.75) is 42.4 Å². The largest absolute Gasteiger partial charge is 0.358 e. The van der Waals surface area contributed by atoms with Gasteiger partial charge in [-0.3, -0.25) is 9.52 Å². The van der Waals surface area contributed by atoms with Crippen LogP contribution in [0.1, 0.15) is 41.4 Å². The van der Waals surface area contributed by atoms with Gasteiger partial charge in [0.05, 0.1) is 4.90 Å². The molecule has 146 valence electrons. The lowest BCUT2D eigenvalue weighted by molar-refractivity contribution is 0.0974. The van der Waals surface area contributed by atoms with Crippen molar-refractivity contribution in [3.63, 3.8) is 0 Å². The number of ketones is 1. The standard InChI is InChI=1S/C21H22N2O3S2/c1-3-13-10-16-18(22-17-8-5-9-19(24)21(16)17)12-20(13)28(25,26)23-14-6-4-7-15(11-14)27-2/h4,6-7,10-12,22-23H,3,5,8-9H2,1-2H3. The van der Waals surface area contributed by atoms with Gasteiger partial charge in [0.15, 0.2) is 5.78 Å². The minimum Gasteiger partial charge on any atom is -0.358 e. The lowest BCUT2D eigenvalue weighted by atomic mass is 9.94. The van der Waals surface area contributed by atoms with Crippen molar-refractivity contribution < 1.29 is 13.2 Å². The SMILES string of the molecule is CCc1cc2c3c([nH]c2cc1S(=O)(=O)Nc1cccc(SC)c1)CCCC3=O. The molecule has 1 aliphatic carbocycles. The third kappa shape index (κ3) is 3.33. The Kier molecular flexibility index (Phi) is 4.97. The number of anilines is 1. The molecule has 1 aliphatic rings. The third-order valence-electron chi connectivity index (χ3n) is 5.16. The van der Waals surface area contributed by atoms with Gasteiger partial charge in [0, 0.05) is 39.2 Å². The van der Waals surface area contributed by atoms with E-state index in [9.17, 15) is 13.2 Å². The van der Waals surface area contributed by atoms with Gasteiger partial charge in [0.2, 0.25) is 0 Å². The number of fused-ring (bicyclic) bond motifs is 3. The molecule has 0 radical (unpaired) electrons. The van der Waals surface area contributed by atoms with Gasteiger partial charge < -0.3 is 4.98 Å². The highest BCUT2D eigenvalue weighted by Crippen LogP contribution is 2.33. The summed E-state index contributed by atoms with van der Waals surface area (Å²) in [6.07, 6.45) is 4.71. The Morgan fingerprint density at radius 1 is 1.18 bits per heavy atom. The number of Topliss-reactive ketones (excluding diaryl/α,β-unsaturated/α-hetero) is 1. The Morgan fingerprint density at radius 2 is 2.00 bits per heavy atom. The van der Waals surface area contributed by atoms with Crippen molar-refractivity contribution in [3.8, 4) is 0 Å². The topological polar surface area (TPSA) is 79.0 Å². The molecule has 0 saturated carbocycles. The molecule has 2 N–H and O–H groups in total. The van der Waals surface area contributed by atoms with Crippen LogP contribution in [0, 0.1) is 0 Å². The Balaban J connectivity index is 1.81. The van der Waals surface area contributed by atoms with E-state index in [1.165, 1.54) is 0 Å². The summed E-state index contributed by atoms with van der Waals surface area (Å²) >= 11 is 1.56. The first kappa shape index (κ1) is 19.1. The van der Waals surface area contributed by atoms with Gasteiger partial charge in [-0.15, -0.1) is 11.8 Å². The van der Waals surface area contributed by atoms with E-state index in [1.807, 2.05) is 37.4 Å². The summed E-state index contributed by atoms with van der Waals surface area (Å²) in [6, 6.07) is 10.9. The maximum atomic E-state index is 13.1. The van der Waals surface area contributed by atoms with Crippen molar-refractivity contribution >= 4 is 44.2 Å². The minimum absolute atomic E-state index is 0.136. The minimum atomic E-state index is -3.75. The van der Waals surface area contributed by atoms with Crippen LogP contribution in [0.15, 0.2) is 46.2 Å². The van der Waals surface area contributed by atoms with E-state index in [1.54, 1.807) is 23.9 Å². The zero-order valence-electron chi connectivity index (χ0n) is 15.8. The Bertz CT molecular complexity index is 1180. The second kappa shape index (κ2) is 7.29. The number of sulfonamides is 1. The molecule has 0 spiro atoms. The predicted octanol–water partition coefficient (Wildman–Crippen LogP) is 4.77. The number of rotatable bonds is 5. The van der Waals surface area contributed by atoms with Crippen LogP contribution >= 0.6 is 11.8 Å². The van der Waals surface area contributed by atoms with Crippen molar-refractivity contribution in [2.24, 2.45) is 0 Å². The molecule has 1 heterocycles. The highest BCUT2D eigenvalue weighted by molar-refractivity contribution is 7.98. The van der Waals surface area contributed by atoms with Crippen molar-refractivity contribution in [3.05, 3.63) is 53.2 Å². The number of carbonyl (C=O) groups excluding carboxylic acids is 1. The summed E-state index contributed by atoms with van der Waals surface area (Å²) in [7, 11) is -3.75. The van der Waals surface area contributed by atoms with Gasteiger partial charge >= 0.3 is 0 Å². The lowest BCUT2D eigenvalue weighted by Gasteiger charge is -2.13. The molecule has 28 heavy (non-hydrogen) atoms. The van der Waals surface area contributed by atoms with Crippen LogP contribution in [0.4, 0.5) is 5.69 Å². The third-order valence-corrected chi connectivity index (χ3v) is 7.35. The quantitative estimate of drug-likeness (QED) is 0.589. The normalized spacial score (nSPS) is 14.3. The van der Waals surface area contributed by atoms with Crippen LogP contribution in [-0.4, -0.2) is 25.4 Å². The van der Waals surface area contributed by atoms with E-state index < -0.39 is 10.0 Å². The summed E-state index contributed by atoms with van der Waals surface area (Å²) in [5, 5.41) is 0.833. The summed E-state index contributed by atoms with van der Waals surface area (Å²) in [4.78, 5) is 16.9. The van der Waals surface area contributed by atoms with Gasteiger partial charge in [-0.2, -0.15) is 0 Å². The molecule has 4 rings (SSSR count). The molecule has 0 saturated heterocycles. The fraction of sp³-hybridized carbons (Fsp3) is 0.286. The number of aromatic amines is 1. The first-order valence-electron chi connectivity index (χ1n) is 9.30. The number of hydrogen-bond donors (Lipinski definition) is 2. The molecule has 0 aliphatic heterocycles. The second-order valence-corrected chi connectivity index (χ2v) is 9.48. The van der Waals surface area contributed by atoms with Gasteiger partial charge in [0.1, 0.15) is 0 Å². The van der Waals surface area contributed by atoms with Gasteiger partial charge in [-0.25, -0.2) is 8.42 Å². The fourth-order valence-electron chi connectivity index (χ4n) is 3.80. The first-order chi connectivity index (χ1) is 13.4. The van der Waals surface area contributed by atoms with Crippen LogP contribution in [-0.2, 0) is 22.9 Å². The number of hydrogen-bond acceptors (Lipinski definition) is 4. The molecule has 0 unspecified atom stereocenters. The van der Waals surface area contributed by atoms with E-state index in [0.717, 1.165) is 34.4 Å². The lowest BCUT2D eigenvalue weighted by Crippen LogP contribution is -2.15. The highest BCUT2D eigenvalue weighted by atomic mass is 32.2. The van der Waals surface area contributed by atoms with Crippen LogP contribution in [0.25, 0.3) is 10.9 Å². The summed E-state index contributed by atoms with van der Waals surface area (Å²) in [5.74, 6) is 0.136. The smallest absolute Gasteiger partial charge is 0.262 e. The molecule has 1 aromatic heterocycles. The number of nitrogens with one attached hydrogen (secondary N) is 2. The Labute approximate surface area is 169 Å². The maximum absolute atomic E-state index is 13.1. The van der Waals surface area contributed by atoms with Crippen molar-refractivity contribution in [2.75, 3.05) is 11.0 Å².